The van der Waals surface area contributed by atoms with Crippen molar-refractivity contribution in [2.24, 2.45) is 0 Å². The van der Waals surface area contributed by atoms with Gasteiger partial charge in [-0.15, -0.1) is 11.3 Å². The van der Waals surface area contributed by atoms with E-state index in [9.17, 15) is 10.1 Å². The Bertz CT molecular complexity index is 708. The summed E-state index contributed by atoms with van der Waals surface area (Å²) in [6, 6.07) is 9.90. The number of aromatic nitrogens is 1. The molecule has 1 aromatic heterocycles. The van der Waals surface area contributed by atoms with Gasteiger partial charge in [0.15, 0.2) is 0 Å². The van der Waals surface area contributed by atoms with Gasteiger partial charge in [-0.3, -0.25) is 9.78 Å². The molecule has 2 aromatic rings. The van der Waals surface area contributed by atoms with Crippen molar-refractivity contribution in [1.82, 2.24) is 9.88 Å². The molecule has 6 heteroatoms. The molecule has 23 heavy (non-hydrogen) atoms. The zero-order chi connectivity index (χ0) is 16.1. The number of hydrogen-bond acceptors (Lipinski definition) is 5. The van der Waals surface area contributed by atoms with Crippen molar-refractivity contribution >= 4 is 22.9 Å². The Hall–Kier alpha value is -2.39. The maximum absolute atomic E-state index is 12.4. The van der Waals surface area contributed by atoms with E-state index in [-0.39, 0.29) is 5.91 Å². The molecule has 1 fully saturated rings. The van der Waals surface area contributed by atoms with Gasteiger partial charge in [0.2, 0.25) is 5.91 Å². The SMILES string of the molecule is N#Cc1ccccc1N1CCCN(C(=O)Cc2cncs2)CC1. The Balaban J connectivity index is 1.65. The predicted molar refractivity (Wildman–Crippen MR) is 90.4 cm³/mol. The zero-order valence-corrected chi connectivity index (χ0v) is 13.6. The van der Waals surface area contributed by atoms with Crippen LogP contribution < -0.4 is 4.90 Å². The molecule has 118 valence electrons. The fourth-order valence-corrected chi connectivity index (χ4v) is 3.43. The molecule has 1 aliphatic heterocycles. The van der Waals surface area contributed by atoms with E-state index in [4.69, 9.17) is 0 Å². The number of para-hydroxylation sites is 1. The van der Waals surface area contributed by atoms with E-state index in [1.54, 1.807) is 11.7 Å². The van der Waals surface area contributed by atoms with Crippen LogP contribution in [-0.2, 0) is 11.2 Å². The van der Waals surface area contributed by atoms with Gasteiger partial charge in [0.05, 0.1) is 23.2 Å². The molecule has 2 heterocycles. The van der Waals surface area contributed by atoms with Gasteiger partial charge in [0, 0.05) is 37.3 Å². The van der Waals surface area contributed by atoms with Crippen molar-refractivity contribution in [3.05, 3.63) is 46.4 Å². The summed E-state index contributed by atoms with van der Waals surface area (Å²) in [5, 5.41) is 9.26. The monoisotopic (exact) mass is 326 g/mol. The molecule has 0 atom stereocenters. The summed E-state index contributed by atoms with van der Waals surface area (Å²) in [5.41, 5.74) is 3.41. The van der Waals surface area contributed by atoms with E-state index in [2.05, 4.69) is 16.0 Å². The van der Waals surface area contributed by atoms with Crippen LogP contribution in [0.2, 0.25) is 0 Å². The van der Waals surface area contributed by atoms with Crippen LogP contribution in [0.1, 0.15) is 16.9 Å². The lowest BCUT2D eigenvalue weighted by molar-refractivity contribution is -0.130. The number of amides is 1. The van der Waals surface area contributed by atoms with Crippen molar-refractivity contribution in [3.8, 4) is 6.07 Å². The first kappa shape index (κ1) is 15.5. The number of carbonyl (C=O) groups excluding carboxylic acids is 1. The molecule has 0 saturated carbocycles. The van der Waals surface area contributed by atoms with E-state index in [1.165, 1.54) is 11.3 Å². The second-order valence-electron chi connectivity index (χ2n) is 5.49. The van der Waals surface area contributed by atoms with Gasteiger partial charge in [-0.1, -0.05) is 12.1 Å². The molecule has 0 aliphatic carbocycles. The maximum Gasteiger partial charge on any atom is 0.227 e. The third-order valence-corrected chi connectivity index (χ3v) is 4.80. The average molecular weight is 326 g/mol. The van der Waals surface area contributed by atoms with Crippen LogP contribution in [0.5, 0.6) is 0 Å². The van der Waals surface area contributed by atoms with Crippen LogP contribution in [0.4, 0.5) is 5.69 Å². The highest BCUT2D eigenvalue weighted by molar-refractivity contribution is 7.09. The van der Waals surface area contributed by atoms with Crippen molar-refractivity contribution in [1.29, 1.82) is 5.26 Å². The fraction of sp³-hybridized carbons (Fsp3) is 0.353. The molecule has 0 radical (unpaired) electrons. The molecule has 0 spiro atoms. The maximum atomic E-state index is 12.4. The number of benzene rings is 1. The van der Waals surface area contributed by atoms with Gasteiger partial charge < -0.3 is 9.80 Å². The summed E-state index contributed by atoms with van der Waals surface area (Å²) in [6.07, 6.45) is 3.10. The van der Waals surface area contributed by atoms with Crippen molar-refractivity contribution in [2.45, 2.75) is 12.8 Å². The molecule has 0 bridgehead atoms. The highest BCUT2D eigenvalue weighted by atomic mass is 32.1. The standard InChI is InChI=1S/C17H18N4OS/c18-11-14-4-1-2-5-16(14)20-6-3-7-21(9-8-20)17(22)10-15-12-19-13-23-15/h1-2,4-5,12-13H,3,6-10H2. The van der Waals surface area contributed by atoms with Gasteiger partial charge in [0.25, 0.3) is 0 Å². The Kier molecular flexibility index (Phi) is 4.89. The average Bonchev–Trinajstić information content (AvgIpc) is 2.96. The Labute approximate surface area is 139 Å². The van der Waals surface area contributed by atoms with Crippen LogP contribution in [0.15, 0.2) is 36.0 Å². The number of carbonyl (C=O) groups is 1. The van der Waals surface area contributed by atoms with Crippen LogP contribution in [-0.4, -0.2) is 42.0 Å². The minimum Gasteiger partial charge on any atom is -0.369 e. The second-order valence-corrected chi connectivity index (χ2v) is 6.47. The summed E-state index contributed by atoms with van der Waals surface area (Å²) in [6.45, 7) is 3.08. The van der Waals surface area contributed by atoms with Gasteiger partial charge in [-0.05, 0) is 18.6 Å². The number of rotatable bonds is 3. The van der Waals surface area contributed by atoms with E-state index in [0.717, 1.165) is 36.6 Å². The molecular formula is C17H18N4OS. The van der Waals surface area contributed by atoms with Crippen molar-refractivity contribution < 1.29 is 4.79 Å². The van der Waals surface area contributed by atoms with Crippen LogP contribution in [0.3, 0.4) is 0 Å². The molecule has 1 amide bonds. The number of nitriles is 1. The number of thiazole rings is 1. The third-order valence-electron chi connectivity index (χ3n) is 4.02. The van der Waals surface area contributed by atoms with Crippen LogP contribution in [0, 0.1) is 11.3 Å². The lowest BCUT2D eigenvalue weighted by Gasteiger charge is -2.24. The summed E-state index contributed by atoms with van der Waals surface area (Å²) >= 11 is 1.52. The number of hydrogen-bond donors (Lipinski definition) is 0. The van der Waals surface area contributed by atoms with Crippen molar-refractivity contribution in [2.75, 3.05) is 31.1 Å². The van der Waals surface area contributed by atoms with Crippen molar-refractivity contribution in [3.63, 3.8) is 0 Å². The molecule has 0 unspecified atom stereocenters. The van der Waals surface area contributed by atoms with Gasteiger partial charge >= 0.3 is 0 Å². The minimum atomic E-state index is 0.157. The first-order valence-corrected chi connectivity index (χ1v) is 8.55. The summed E-state index contributed by atoms with van der Waals surface area (Å²) < 4.78 is 0. The first-order chi connectivity index (χ1) is 11.3. The topological polar surface area (TPSA) is 60.2 Å². The lowest BCUT2D eigenvalue weighted by Crippen LogP contribution is -2.36. The van der Waals surface area contributed by atoms with Gasteiger partial charge in [-0.25, -0.2) is 0 Å². The molecule has 0 N–H and O–H groups in total. The lowest BCUT2D eigenvalue weighted by atomic mass is 10.1. The van der Waals surface area contributed by atoms with E-state index in [0.29, 0.717) is 18.5 Å². The van der Waals surface area contributed by atoms with Gasteiger partial charge in [0.1, 0.15) is 6.07 Å². The number of nitrogens with zero attached hydrogens (tertiary/aromatic N) is 4. The van der Waals surface area contributed by atoms with E-state index < -0.39 is 0 Å². The molecular weight excluding hydrogens is 308 g/mol. The van der Waals surface area contributed by atoms with E-state index in [1.807, 2.05) is 29.2 Å². The summed E-state index contributed by atoms with van der Waals surface area (Å²) in [7, 11) is 0. The highest BCUT2D eigenvalue weighted by Crippen LogP contribution is 2.21. The van der Waals surface area contributed by atoms with Crippen LogP contribution in [0.25, 0.3) is 0 Å². The Morgan fingerprint density at radius 3 is 2.91 bits per heavy atom. The molecule has 3 rings (SSSR count). The smallest absolute Gasteiger partial charge is 0.227 e. The first-order valence-electron chi connectivity index (χ1n) is 7.67. The van der Waals surface area contributed by atoms with Crippen LogP contribution >= 0.6 is 11.3 Å². The quantitative estimate of drug-likeness (QED) is 0.868. The highest BCUT2D eigenvalue weighted by Gasteiger charge is 2.21. The molecule has 1 saturated heterocycles. The Morgan fingerprint density at radius 2 is 2.13 bits per heavy atom. The number of anilines is 1. The third kappa shape index (κ3) is 3.69. The fourth-order valence-electron chi connectivity index (χ4n) is 2.84. The summed E-state index contributed by atoms with van der Waals surface area (Å²) in [5.74, 6) is 0.157. The second kappa shape index (κ2) is 7.25. The predicted octanol–water partition coefficient (Wildman–Crippen LogP) is 2.30. The van der Waals surface area contributed by atoms with Gasteiger partial charge in [-0.2, -0.15) is 5.26 Å². The minimum absolute atomic E-state index is 0.157. The molecule has 5 nitrogen and oxygen atoms in total. The zero-order valence-electron chi connectivity index (χ0n) is 12.8. The summed E-state index contributed by atoms with van der Waals surface area (Å²) in [4.78, 5) is 21.6. The largest absolute Gasteiger partial charge is 0.369 e. The Morgan fingerprint density at radius 1 is 1.26 bits per heavy atom. The molecule has 1 aromatic carbocycles. The molecule has 1 aliphatic rings. The van der Waals surface area contributed by atoms with E-state index >= 15 is 0 Å². The normalized spacial score (nSPS) is 15.1.